The highest BCUT2D eigenvalue weighted by Crippen LogP contribution is 2.36. The summed E-state index contributed by atoms with van der Waals surface area (Å²) >= 11 is 0. The van der Waals surface area contributed by atoms with E-state index in [2.05, 4.69) is 0 Å². The Hall–Kier alpha value is -1.27. The fourth-order valence-corrected chi connectivity index (χ4v) is 1.23. The Balaban J connectivity index is 3.03. The predicted molar refractivity (Wildman–Crippen MR) is 54.5 cm³/mol. The highest BCUT2D eigenvalue weighted by molar-refractivity contribution is 5.39. The first-order chi connectivity index (χ1) is 7.84. The van der Waals surface area contributed by atoms with Crippen LogP contribution in [0, 0.1) is 0 Å². The minimum atomic E-state index is -4.56. The fourth-order valence-electron chi connectivity index (χ4n) is 1.23. The van der Waals surface area contributed by atoms with E-state index in [0.29, 0.717) is 0 Å². The van der Waals surface area contributed by atoms with E-state index >= 15 is 0 Å². The summed E-state index contributed by atoms with van der Waals surface area (Å²) in [5.74, 6) is -0.351. The molecule has 0 amide bonds. The summed E-state index contributed by atoms with van der Waals surface area (Å²) in [6.07, 6.45) is -5.41. The molecule has 1 atom stereocenters. The van der Waals surface area contributed by atoms with Crippen LogP contribution >= 0.6 is 0 Å². The average Bonchev–Trinajstić information content (AvgIpc) is 2.24. The van der Waals surface area contributed by atoms with Crippen LogP contribution in [0.5, 0.6) is 5.75 Å². The van der Waals surface area contributed by atoms with Gasteiger partial charge in [-0.15, -0.1) is 0 Å². The lowest BCUT2D eigenvalue weighted by atomic mass is 10.1. The smallest absolute Gasteiger partial charge is 0.419 e. The molecule has 1 aromatic carbocycles. The van der Waals surface area contributed by atoms with Crippen molar-refractivity contribution in [2.24, 2.45) is 0 Å². The molecular weight excluding hydrogens is 237 g/mol. The van der Waals surface area contributed by atoms with Gasteiger partial charge in [0.05, 0.1) is 18.3 Å². The lowest BCUT2D eigenvalue weighted by molar-refractivity contribution is -0.139. The Bertz CT molecular complexity index is 375. The quantitative estimate of drug-likeness (QED) is 0.858. The number of aliphatic hydroxyl groups is 2. The van der Waals surface area contributed by atoms with Gasteiger partial charge in [0.15, 0.2) is 0 Å². The van der Waals surface area contributed by atoms with E-state index in [1.165, 1.54) is 13.0 Å². The first-order valence-electron chi connectivity index (χ1n) is 4.96. The molecule has 2 N–H and O–H groups in total. The van der Waals surface area contributed by atoms with Gasteiger partial charge in [0, 0.05) is 0 Å². The third kappa shape index (κ3) is 3.90. The number of ether oxygens (including phenoxy) is 1. The van der Waals surface area contributed by atoms with Crippen LogP contribution in [-0.4, -0.2) is 22.9 Å². The van der Waals surface area contributed by atoms with Crippen LogP contribution in [0.25, 0.3) is 0 Å². The van der Waals surface area contributed by atoms with Crippen LogP contribution in [0.1, 0.15) is 18.1 Å². The Morgan fingerprint density at radius 2 is 2.00 bits per heavy atom. The van der Waals surface area contributed by atoms with Gasteiger partial charge in [-0.1, -0.05) is 6.07 Å². The zero-order valence-corrected chi connectivity index (χ0v) is 9.16. The molecule has 96 valence electrons. The van der Waals surface area contributed by atoms with Crippen molar-refractivity contribution in [2.75, 3.05) is 6.61 Å². The Morgan fingerprint density at radius 3 is 2.47 bits per heavy atom. The summed E-state index contributed by atoms with van der Waals surface area (Å²) in [6.45, 7) is 0.719. The van der Waals surface area contributed by atoms with Gasteiger partial charge in [-0.3, -0.25) is 0 Å². The maximum atomic E-state index is 12.7. The molecule has 0 aliphatic rings. The van der Waals surface area contributed by atoms with Crippen LogP contribution in [0.15, 0.2) is 18.2 Å². The average molecular weight is 250 g/mol. The second-order valence-corrected chi connectivity index (χ2v) is 3.65. The second-order valence-electron chi connectivity index (χ2n) is 3.65. The van der Waals surface area contributed by atoms with E-state index in [4.69, 9.17) is 14.9 Å². The third-order valence-corrected chi connectivity index (χ3v) is 2.01. The van der Waals surface area contributed by atoms with E-state index in [-0.39, 0.29) is 17.9 Å². The van der Waals surface area contributed by atoms with Crippen LogP contribution in [0.3, 0.4) is 0 Å². The molecule has 0 heterocycles. The minimum Gasteiger partial charge on any atom is -0.490 e. The lowest BCUT2D eigenvalue weighted by Crippen LogP contribution is -2.16. The van der Waals surface area contributed by atoms with Crippen molar-refractivity contribution in [2.45, 2.75) is 25.8 Å². The van der Waals surface area contributed by atoms with Crippen molar-refractivity contribution in [1.82, 2.24) is 0 Å². The summed E-state index contributed by atoms with van der Waals surface area (Å²) in [4.78, 5) is 0. The molecule has 0 spiro atoms. The molecule has 1 unspecified atom stereocenters. The monoisotopic (exact) mass is 250 g/mol. The van der Waals surface area contributed by atoms with Gasteiger partial charge >= 0.3 is 6.18 Å². The van der Waals surface area contributed by atoms with E-state index in [1.54, 1.807) is 0 Å². The molecule has 0 aliphatic heterocycles. The normalized spacial score (nSPS) is 13.5. The highest BCUT2D eigenvalue weighted by atomic mass is 19.4. The van der Waals surface area contributed by atoms with Crippen molar-refractivity contribution >= 4 is 0 Å². The van der Waals surface area contributed by atoms with Crippen LogP contribution in [-0.2, 0) is 12.8 Å². The van der Waals surface area contributed by atoms with E-state index in [9.17, 15) is 13.2 Å². The maximum Gasteiger partial charge on any atom is 0.419 e. The maximum absolute atomic E-state index is 12.7. The number of alkyl halides is 3. The van der Waals surface area contributed by atoms with Crippen LogP contribution in [0.4, 0.5) is 13.2 Å². The van der Waals surface area contributed by atoms with Gasteiger partial charge in [-0.2, -0.15) is 13.2 Å². The molecule has 0 aromatic heterocycles. The summed E-state index contributed by atoms with van der Waals surface area (Å²) in [7, 11) is 0. The zero-order chi connectivity index (χ0) is 13.1. The minimum absolute atomic E-state index is 0.154. The molecule has 17 heavy (non-hydrogen) atoms. The van der Waals surface area contributed by atoms with Gasteiger partial charge in [-0.25, -0.2) is 0 Å². The SMILES string of the molecule is CC(O)COc1ccc(CO)cc1C(F)(F)F. The topological polar surface area (TPSA) is 49.7 Å². The van der Waals surface area contributed by atoms with Crippen molar-refractivity contribution in [3.8, 4) is 5.75 Å². The Labute approximate surface area is 96.5 Å². The predicted octanol–water partition coefficient (Wildman–Crippen LogP) is 1.96. The fraction of sp³-hybridized carbons (Fsp3) is 0.455. The van der Waals surface area contributed by atoms with Crippen LogP contribution in [0.2, 0.25) is 0 Å². The molecule has 1 aromatic rings. The number of rotatable bonds is 4. The zero-order valence-electron chi connectivity index (χ0n) is 9.16. The summed E-state index contributed by atoms with van der Waals surface area (Å²) in [5.41, 5.74) is -0.800. The number of aliphatic hydroxyl groups excluding tert-OH is 2. The molecule has 6 heteroatoms. The number of benzene rings is 1. The van der Waals surface area contributed by atoms with Crippen molar-refractivity contribution in [3.63, 3.8) is 0 Å². The molecular formula is C11H13F3O3. The van der Waals surface area contributed by atoms with Gasteiger partial charge < -0.3 is 14.9 Å². The van der Waals surface area contributed by atoms with E-state index < -0.39 is 24.5 Å². The first kappa shape index (κ1) is 13.8. The van der Waals surface area contributed by atoms with Gasteiger partial charge in [0.2, 0.25) is 0 Å². The van der Waals surface area contributed by atoms with Gasteiger partial charge in [-0.05, 0) is 24.6 Å². The van der Waals surface area contributed by atoms with Crippen molar-refractivity contribution < 1.29 is 28.1 Å². The first-order valence-corrected chi connectivity index (χ1v) is 4.96. The molecule has 0 aliphatic carbocycles. The molecule has 0 saturated heterocycles. The number of hydrogen-bond donors (Lipinski definition) is 2. The molecule has 1 rings (SSSR count). The van der Waals surface area contributed by atoms with Crippen molar-refractivity contribution in [3.05, 3.63) is 29.3 Å². The van der Waals surface area contributed by atoms with E-state index in [0.717, 1.165) is 12.1 Å². The molecule has 0 bridgehead atoms. The summed E-state index contributed by atoms with van der Waals surface area (Å²) in [6, 6.07) is 3.31. The molecule has 3 nitrogen and oxygen atoms in total. The summed E-state index contributed by atoms with van der Waals surface area (Å²) < 4.78 is 42.9. The Kier molecular flexibility index (Phi) is 4.36. The Morgan fingerprint density at radius 1 is 1.35 bits per heavy atom. The molecule has 0 fully saturated rings. The van der Waals surface area contributed by atoms with Crippen LogP contribution < -0.4 is 4.74 Å². The van der Waals surface area contributed by atoms with Crippen molar-refractivity contribution in [1.29, 1.82) is 0 Å². The number of halogens is 3. The second kappa shape index (κ2) is 5.37. The van der Waals surface area contributed by atoms with E-state index in [1.807, 2.05) is 0 Å². The highest BCUT2D eigenvalue weighted by Gasteiger charge is 2.34. The molecule has 0 radical (unpaired) electrons. The number of hydrogen-bond acceptors (Lipinski definition) is 3. The largest absolute Gasteiger partial charge is 0.490 e. The third-order valence-electron chi connectivity index (χ3n) is 2.01. The lowest BCUT2D eigenvalue weighted by Gasteiger charge is -2.15. The van der Waals surface area contributed by atoms with Gasteiger partial charge in [0.25, 0.3) is 0 Å². The molecule has 0 saturated carbocycles. The van der Waals surface area contributed by atoms with Gasteiger partial charge in [0.1, 0.15) is 12.4 Å². The summed E-state index contributed by atoms with van der Waals surface area (Å²) in [5, 5.41) is 17.8. The standard InChI is InChI=1S/C11H13F3O3/c1-7(16)6-17-10-3-2-8(5-15)4-9(10)11(12,13)14/h2-4,7,15-16H,5-6H2,1H3.